The van der Waals surface area contributed by atoms with Crippen LogP contribution in [-0.4, -0.2) is 17.8 Å². The molecule has 0 saturated heterocycles. The van der Waals surface area contributed by atoms with Crippen molar-refractivity contribution in [3.05, 3.63) is 24.2 Å². The highest BCUT2D eigenvalue weighted by Crippen LogP contribution is 2.13. The third kappa shape index (κ3) is 3.20. The van der Waals surface area contributed by atoms with E-state index >= 15 is 0 Å². The second-order valence-electron chi connectivity index (χ2n) is 3.32. The Balaban J connectivity index is 2.37. The van der Waals surface area contributed by atoms with E-state index in [-0.39, 0.29) is 12.6 Å². The Labute approximate surface area is 78.8 Å². The predicted molar refractivity (Wildman–Crippen MR) is 51.4 cm³/mol. The normalized spacial score (nSPS) is 15.6. The second-order valence-corrected chi connectivity index (χ2v) is 3.32. The molecule has 0 aliphatic heterocycles. The van der Waals surface area contributed by atoms with Crippen LogP contribution in [0.2, 0.25) is 0 Å². The van der Waals surface area contributed by atoms with Crippen molar-refractivity contribution in [3.8, 4) is 0 Å². The number of nitrogens with one attached hydrogen (secondary N) is 1. The van der Waals surface area contributed by atoms with Crippen LogP contribution in [0.1, 0.15) is 32.1 Å². The summed E-state index contributed by atoms with van der Waals surface area (Å²) in [4.78, 5) is 0. The highest BCUT2D eigenvalue weighted by atomic mass is 16.3. The first-order chi connectivity index (χ1) is 6.24. The van der Waals surface area contributed by atoms with Gasteiger partial charge in [0.25, 0.3) is 0 Å². The van der Waals surface area contributed by atoms with Crippen molar-refractivity contribution in [1.29, 1.82) is 0 Å². The fourth-order valence-corrected chi connectivity index (χ4v) is 1.32. The molecule has 0 aromatic carbocycles. The molecule has 1 aromatic heterocycles. The molecular formula is C10H17NO2. The van der Waals surface area contributed by atoms with Crippen LogP contribution in [0.3, 0.4) is 0 Å². The van der Waals surface area contributed by atoms with Gasteiger partial charge in [-0.2, -0.15) is 0 Å². The van der Waals surface area contributed by atoms with Crippen LogP contribution >= 0.6 is 0 Å². The lowest BCUT2D eigenvalue weighted by Crippen LogP contribution is -2.29. The lowest BCUT2D eigenvalue weighted by Gasteiger charge is -2.17. The molecule has 0 amide bonds. The van der Waals surface area contributed by atoms with Gasteiger partial charge < -0.3 is 14.8 Å². The van der Waals surface area contributed by atoms with Crippen molar-refractivity contribution in [2.75, 3.05) is 6.61 Å². The van der Waals surface area contributed by atoms with E-state index in [1.54, 1.807) is 6.26 Å². The quantitative estimate of drug-likeness (QED) is 0.730. The summed E-state index contributed by atoms with van der Waals surface area (Å²) >= 11 is 0. The maximum atomic E-state index is 8.72. The van der Waals surface area contributed by atoms with Gasteiger partial charge in [0, 0.05) is 12.6 Å². The van der Waals surface area contributed by atoms with E-state index in [0.29, 0.717) is 6.04 Å². The van der Waals surface area contributed by atoms with Crippen LogP contribution in [0.4, 0.5) is 0 Å². The average Bonchev–Trinajstić information content (AvgIpc) is 2.55. The van der Waals surface area contributed by atoms with Gasteiger partial charge in [0.2, 0.25) is 0 Å². The van der Waals surface area contributed by atoms with Gasteiger partial charge in [0.15, 0.2) is 0 Å². The van der Waals surface area contributed by atoms with Crippen LogP contribution in [0.5, 0.6) is 0 Å². The summed E-state index contributed by atoms with van der Waals surface area (Å²) in [5.74, 6) is 0.935. The van der Waals surface area contributed by atoms with Crippen molar-refractivity contribution in [1.82, 2.24) is 5.32 Å². The zero-order valence-electron chi connectivity index (χ0n) is 8.16. The summed E-state index contributed by atoms with van der Waals surface area (Å²) in [6.45, 7) is 4.32. The third-order valence-electron chi connectivity index (χ3n) is 2.07. The van der Waals surface area contributed by atoms with Crippen LogP contribution in [-0.2, 0) is 0 Å². The molecule has 1 aromatic rings. The molecule has 1 rings (SSSR count). The van der Waals surface area contributed by atoms with Gasteiger partial charge in [-0.3, -0.25) is 0 Å². The standard InChI is InChI=1S/C10H17NO2/c1-8(5-6-12)11-9(2)10-4-3-7-13-10/h3-4,7-9,11-12H,5-6H2,1-2H3. The van der Waals surface area contributed by atoms with Crippen LogP contribution in [0.15, 0.2) is 22.8 Å². The topological polar surface area (TPSA) is 45.4 Å². The summed E-state index contributed by atoms with van der Waals surface area (Å²) in [6, 6.07) is 4.34. The fourth-order valence-electron chi connectivity index (χ4n) is 1.32. The van der Waals surface area contributed by atoms with Gasteiger partial charge in [0.1, 0.15) is 5.76 Å². The van der Waals surface area contributed by atoms with E-state index in [0.717, 1.165) is 12.2 Å². The smallest absolute Gasteiger partial charge is 0.120 e. The zero-order chi connectivity index (χ0) is 9.68. The van der Waals surface area contributed by atoms with Gasteiger partial charge in [0.05, 0.1) is 12.3 Å². The van der Waals surface area contributed by atoms with E-state index in [4.69, 9.17) is 9.52 Å². The lowest BCUT2D eigenvalue weighted by atomic mass is 10.2. The molecule has 0 radical (unpaired) electrons. The second kappa shape index (κ2) is 5.04. The molecule has 0 aliphatic carbocycles. The van der Waals surface area contributed by atoms with Crippen LogP contribution < -0.4 is 5.32 Å². The minimum atomic E-state index is 0.205. The molecule has 13 heavy (non-hydrogen) atoms. The largest absolute Gasteiger partial charge is 0.468 e. The highest BCUT2D eigenvalue weighted by Gasteiger charge is 2.10. The van der Waals surface area contributed by atoms with Crippen LogP contribution in [0, 0.1) is 0 Å². The average molecular weight is 183 g/mol. The summed E-state index contributed by atoms with van der Waals surface area (Å²) in [7, 11) is 0. The number of aliphatic hydroxyl groups excluding tert-OH is 1. The summed E-state index contributed by atoms with van der Waals surface area (Å²) < 4.78 is 5.25. The SMILES string of the molecule is CC(CCO)NC(C)c1ccco1. The Hall–Kier alpha value is -0.800. The first-order valence-electron chi connectivity index (χ1n) is 4.64. The number of furan rings is 1. The summed E-state index contributed by atoms with van der Waals surface area (Å²) in [5.41, 5.74) is 0. The van der Waals surface area contributed by atoms with Crippen molar-refractivity contribution < 1.29 is 9.52 Å². The van der Waals surface area contributed by atoms with Crippen LogP contribution in [0.25, 0.3) is 0 Å². The molecule has 74 valence electrons. The molecule has 0 saturated carbocycles. The molecule has 0 spiro atoms. The maximum absolute atomic E-state index is 8.72. The van der Waals surface area contributed by atoms with Crippen molar-refractivity contribution in [3.63, 3.8) is 0 Å². The lowest BCUT2D eigenvalue weighted by molar-refractivity contribution is 0.261. The number of hydrogen-bond acceptors (Lipinski definition) is 3. The molecule has 0 bridgehead atoms. The van der Waals surface area contributed by atoms with E-state index in [2.05, 4.69) is 12.2 Å². The van der Waals surface area contributed by atoms with E-state index in [1.165, 1.54) is 0 Å². The summed E-state index contributed by atoms with van der Waals surface area (Å²) in [6.07, 6.45) is 2.44. The predicted octanol–water partition coefficient (Wildman–Crippen LogP) is 1.70. The van der Waals surface area contributed by atoms with Gasteiger partial charge in [-0.25, -0.2) is 0 Å². The fraction of sp³-hybridized carbons (Fsp3) is 0.600. The molecule has 2 N–H and O–H groups in total. The number of aliphatic hydroxyl groups is 1. The first kappa shape index (κ1) is 10.3. The minimum Gasteiger partial charge on any atom is -0.468 e. The minimum absolute atomic E-state index is 0.205. The first-order valence-corrected chi connectivity index (χ1v) is 4.64. The van der Waals surface area contributed by atoms with E-state index < -0.39 is 0 Å². The molecule has 0 fully saturated rings. The van der Waals surface area contributed by atoms with Crippen molar-refractivity contribution in [2.45, 2.75) is 32.4 Å². The molecule has 3 heteroatoms. The Kier molecular flexibility index (Phi) is 3.99. The third-order valence-corrected chi connectivity index (χ3v) is 2.07. The molecule has 2 unspecified atom stereocenters. The Morgan fingerprint density at radius 1 is 1.54 bits per heavy atom. The summed E-state index contributed by atoms with van der Waals surface area (Å²) in [5, 5.41) is 12.0. The highest BCUT2D eigenvalue weighted by molar-refractivity contribution is 5.03. The van der Waals surface area contributed by atoms with E-state index in [9.17, 15) is 0 Å². The van der Waals surface area contributed by atoms with Gasteiger partial charge in [-0.05, 0) is 32.4 Å². The molecule has 1 heterocycles. The maximum Gasteiger partial charge on any atom is 0.120 e. The Morgan fingerprint density at radius 2 is 2.31 bits per heavy atom. The zero-order valence-corrected chi connectivity index (χ0v) is 8.16. The monoisotopic (exact) mass is 183 g/mol. The molecular weight excluding hydrogens is 166 g/mol. The Morgan fingerprint density at radius 3 is 2.85 bits per heavy atom. The van der Waals surface area contributed by atoms with E-state index in [1.807, 2.05) is 19.1 Å². The molecule has 0 aliphatic rings. The van der Waals surface area contributed by atoms with Gasteiger partial charge in [-0.1, -0.05) is 0 Å². The van der Waals surface area contributed by atoms with Gasteiger partial charge in [-0.15, -0.1) is 0 Å². The Bertz CT molecular complexity index is 221. The van der Waals surface area contributed by atoms with Gasteiger partial charge >= 0.3 is 0 Å². The molecule has 3 nitrogen and oxygen atoms in total. The number of rotatable bonds is 5. The van der Waals surface area contributed by atoms with Crippen molar-refractivity contribution >= 4 is 0 Å². The number of hydrogen-bond donors (Lipinski definition) is 2. The van der Waals surface area contributed by atoms with Crippen molar-refractivity contribution in [2.24, 2.45) is 0 Å². The molecule has 2 atom stereocenters.